The molecule has 1 atom stereocenters. The second-order valence-electron chi connectivity index (χ2n) is 8.36. The number of Topliss-reactive ketones (excluding diaryl/α,β-unsaturated/α-hetero) is 1. The van der Waals surface area contributed by atoms with Crippen LogP contribution in [-0.2, 0) is 20.8 Å². The van der Waals surface area contributed by atoms with Gasteiger partial charge in [-0.05, 0) is 66.1 Å². The van der Waals surface area contributed by atoms with Gasteiger partial charge >= 0.3 is 5.97 Å². The van der Waals surface area contributed by atoms with Crippen LogP contribution in [0.3, 0.4) is 0 Å². The van der Waals surface area contributed by atoms with Crippen LogP contribution in [0.1, 0.15) is 28.3 Å². The van der Waals surface area contributed by atoms with Crippen molar-refractivity contribution >= 4 is 29.1 Å². The van der Waals surface area contributed by atoms with Gasteiger partial charge in [0.15, 0.2) is 0 Å². The summed E-state index contributed by atoms with van der Waals surface area (Å²) in [5, 5.41) is 20.3. The highest BCUT2D eigenvalue weighted by Crippen LogP contribution is 2.42. The summed E-state index contributed by atoms with van der Waals surface area (Å²) >= 11 is 0. The number of carboxylic acids is 1. The minimum absolute atomic E-state index is 0.0515. The lowest BCUT2D eigenvalue weighted by Gasteiger charge is -2.26. The number of carbonyl (C=O) groups is 3. The van der Waals surface area contributed by atoms with E-state index in [-0.39, 0.29) is 17.8 Å². The number of ether oxygens (including phenoxy) is 2. The van der Waals surface area contributed by atoms with Crippen LogP contribution in [0.15, 0.2) is 72.3 Å². The highest BCUT2D eigenvalue weighted by Gasteiger charge is 2.47. The van der Waals surface area contributed by atoms with E-state index in [1.165, 1.54) is 12.0 Å². The van der Waals surface area contributed by atoms with Gasteiger partial charge in [-0.2, -0.15) is 0 Å². The number of carboxylic acid groups (broad SMARTS) is 1. The van der Waals surface area contributed by atoms with Gasteiger partial charge in [0.05, 0.1) is 32.3 Å². The fourth-order valence-corrected chi connectivity index (χ4v) is 4.33. The number of nitrogens with zero attached hydrogens (tertiary/aromatic N) is 1. The minimum atomic E-state index is -0.976. The van der Waals surface area contributed by atoms with Crippen LogP contribution in [-0.4, -0.2) is 42.1 Å². The zero-order valence-electron chi connectivity index (χ0n) is 20.0. The predicted octanol–water partition coefficient (Wildman–Crippen LogP) is 4.27. The molecule has 1 amide bonds. The number of methoxy groups -OCH3 is 2. The van der Waals surface area contributed by atoms with E-state index in [1.54, 1.807) is 73.8 Å². The number of ketones is 1. The maximum Gasteiger partial charge on any atom is 0.307 e. The number of aryl methyl sites for hydroxylation is 1. The Morgan fingerprint density at radius 3 is 2.14 bits per heavy atom. The topological polar surface area (TPSA) is 113 Å². The lowest BCUT2D eigenvalue weighted by molar-refractivity contribution is -0.136. The van der Waals surface area contributed by atoms with E-state index in [1.807, 2.05) is 6.92 Å². The molecule has 184 valence electrons. The van der Waals surface area contributed by atoms with Crippen molar-refractivity contribution < 1.29 is 34.1 Å². The number of aliphatic hydroxyl groups is 1. The van der Waals surface area contributed by atoms with Crippen LogP contribution in [0, 0.1) is 6.92 Å². The molecule has 36 heavy (non-hydrogen) atoms. The molecule has 3 aromatic carbocycles. The molecule has 8 heteroatoms. The number of amides is 1. The molecule has 1 heterocycles. The number of aliphatic carboxylic acids is 1. The number of benzene rings is 3. The molecular weight excluding hydrogens is 462 g/mol. The average molecular weight is 488 g/mol. The van der Waals surface area contributed by atoms with Gasteiger partial charge in [-0.1, -0.05) is 24.3 Å². The second-order valence-corrected chi connectivity index (χ2v) is 8.36. The van der Waals surface area contributed by atoms with E-state index in [4.69, 9.17) is 14.6 Å². The van der Waals surface area contributed by atoms with Crippen LogP contribution in [0.5, 0.6) is 11.5 Å². The first-order valence-electron chi connectivity index (χ1n) is 11.2. The molecule has 0 aliphatic carbocycles. The van der Waals surface area contributed by atoms with Crippen LogP contribution in [0.25, 0.3) is 5.76 Å². The highest BCUT2D eigenvalue weighted by molar-refractivity contribution is 6.51. The van der Waals surface area contributed by atoms with Crippen LogP contribution >= 0.6 is 0 Å². The molecule has 4 rings (SSSR count). The van der Waals surface area contributed by atoms with Crippen LogP contribution < -0.4 is 14.4 Å². The summed E-state index contributed by atoms with van der Waals surface area (Å²) in [6.07, 6.45) is -0.169. The summed E-state index contributed by atoms with van der Waals surface area (Å²) in [5.74, 6) is -1.68. The van der Waals surface area contributed by atoms with Crippen molar-refractivity contribution in [2.75, 3.05) is 19.1 Å². The normalized spacial score (nSPS) is 16.8. The molecule has 0 saturated carbocycles. The highest BCUT2D eigenvalue weighted by atomic mass is 16.5. The Morgan fingerprint density at radius 1 is 0.917 bits per heavy atom. The fourth-order valence-electron chi connectivity index (χ4n) is 4.33. The van der Waals surface area contributed by atoms with Crippen LogP contribution in [0.4, 0.5) is 5.69 Å². The summed E-state index contributed by atoms with van der Waals surface area (Å²) in [4.78, 5) is 38.9. The van der Waals surface area contributed by atoms with E-state index >= 15 is 0 Å². The van der Waals surface area contributed by atoms with Gasteiger partial charge in [0.25, 0.3) is 11.7 Å². The third-order valence-corrected chi connectivity index (χ3v) is 6.11. The van der Waals surface area contributed by atoms with Gasteiger partial charge in [0, 0.05) is 11.3 Å². The van der Waals surface area contributed by atoms with Gasteiger partial charge in [-0.25, -0.2) is 0 Å². The zero-order chi connectivity index (χ0) is 26.0. The molecule has 1 unspecified atom stereocenters. The fraction of sp³-hybridized carbons (Fsp3) is 0.179. The Hall–Kier alpha value is -4.59. The first-order valence-corrected chi connectivity index (χ1v) is 11.2. The second kappa shape index (κ2) is 9.95. The first kappa shape index (κ1) is 24.5. The summed E-state index contributed by atoms with van der Waals surface area (Å²) in [6, 6.07) is 17.4. The van der Waals surface area contributed by atoms with Gasteiger partial charge in [-0.3, -0.25) is 19.3 Å². The Morgan fingerprint density at radius 2 is 1.58 bits per heavy atom. The quantitative estimate of drug-likeness (QED) is 0.291. The average Bonchev–Trinajstić information content (AvgIpc) is 3.14. The molecule has 1 saturated heterocycles. The Bertz CT molecular complexity index is 1360. The van der Waals surface area contributed by atoms with Gasteiger partial charge < -0.3 is 19.7 Å². The molecule has 1 fully saturated rings. The number of hydrogen-bond donors (Lipinski definition) is 2. The third kappa shape index (κ3) is 4.53. The van der Waals surface area contributed by atoms with Crippen molar-refractivity contribution in [3.63, 3.8) is 0 Å². The zero-order valence-corrected chi connectivity index (χ0v) is 20.0. The Kier molecular flexibility index (Phi) is 6.78. The molecule has 0 bridgehead atoms. The van der Waals surface area contributed by atoms with E-state index < -0.39 is 23.7 Å². The van der Waals surface area contributed by atoms with Crippen molar-refractivity contribution in [3.8, 4) is 11.5 Å². The largest absolute Gasteiger partial charge is 0.507 e. The molecule has 1 aliphatic rings. The Balaban J connectivity index is 1.87. The maximum absolute atomic E-state index is 13.3. The summed E-state index contributed by atoms with van der Waals surface area (Å²) in [5.41, 5.74) is 2.63. The molecule has 0 spiro atoms. The van der Waals surface area contributed by atoms with E-state index in [0.717, 1.165) is 5.56 Å². The molecule has 3 aromatic rings. The molecule has 1 aliphatic heterocycles. The third-order valence-electron chi connectivity index (χ3n) is 6.11. The molecule has 0 aromatic heterocycles. The molecule has 2 N–H and O–H groups in total. The lowest BCUT2D eigenvalue weighted by atomic mass is 9.94. The van der Waals surface area contributed by atoms with E-state index in [9.17, 15) is 19.5 Å². The van der Waals surface area contributed by atoms with Crippen molar-refractivity contribution in [2.45, 2.75) is 19.4 Å². The van der Waals surface area contributed by atoms with Crippen molar-refractivity contribution in [3.05, 3.63) is 94.6 Å². The first-order chi connectivity index (χ1) is 17.2. The monoisotopic (exact) mass is 487 g/mol. The summed E-state index contributed by atoms with van der Waals surface area (Å²) in [6.45, 7) is 1.81. The van der Waals surface area contributed by atoms with Gasteiger partial charge in [0.1, 0.15) is 17.3 Å². The number of carbonyl (C=O) groups excluding carboxylic acids is 2. The standard InChI is InChI=1S/C28H25NO7/c1-16-14-19(8-13-22(16)36-3)26(32)24-25(18-6-11-21(35-2)12-7-18)29(28(34)27(24)33)20-9-4-17(5-10-20)15-23(30)31/h4-14,25,32H,15H2,1-3H3,(H,30,31)/b26-24-. The van der Waals surface area contributed by atoms with Crippen LogP contribution in [0.2, 0.25) is 0 Å². The summed E-state index contributed by atoms with van der Waals surface area (Å²) < 4.78 is 10.5. The number of hydrogen-bond acceptors (Lipinski definition) is 6. The van der Waals surface area contributed by atoms with E-state index in [2.05, 4.69) is 0 Å². The molecule has 0 radical (unpaired) electrons. The number of aliphatic hydroxyl groups excluding tert-OH is 1. The van der Waals surface area contributed by atoms with Crippen molar-refractivity contribution in [1.82, 2.24) is 0 Å². The Labute approximate surface area is 208 Å². The SMILES string of the molecule is COc1ccc(C2/C(=C(/O)c3ccc(OC)c(C)c3)C(=O)C(=O)N2c2ccc(CC(=O)O)cc2)cc1. The summed E-state index contributed by atoms with van der Waals surface area (Å²) in [7, 11) is 3.07. The van der Waals surface area contributed by atoms with Gasteiger partial charge in [0.2, 0.25) is 0 Å². The maximum atomic E-state index is 13.3. The van der Waals surface area contributed by atoms with Crippen molar-refractivity contribution in [2.24, 2.45) is 0 Å². The minimum Gasteiger partial charge on any atom is -0.507 e. The number of anilines is 1. The van der Waals surface area contributed by atoms with Gasteiger partial charge in [-0.15, -0.1) is 0 Å². The smallest absolute Gasteiger partial charge is 0.307 e. The van der Waals surface area contributed by atoms with Crippen molar-refractivity contribution in [1.29, 1.82) is 0 Å². The number of rotatable bonds is 7. The van der Waals surface area contributed by atoms with E-state index in [0.29, 0.717) is 33.9 Å². The predicted molar refractivity (Wildman–Crippen MR) is 133 cm³/mol. The lowest BCUT2D eigenvalue weighted by Crippen LogP contribution is -2.29. The molecule has 8 nitrogen and oxygen atoms in total. The molecular formula is C28H25NO7.